The zero-order chi connectivity index (χ0) is 12.3. The van der Waals surface area contributed by atoms with Gasteiger partial charge < -0.3 is 0 Å². The van der Waals surface area contributed by atoms with Crippen LogP contribution in [-0.2, 0) is 27.7 Å². The Labute approximate surface area is 110 Å². The molecule has 98 valence electrons. The van der Waals surface area contributed by atoms with Gasteiger partial charge in [0.05, 0.1) is 0 Å². The van der Waals surface area contributed by atoms with Crippen LogP contribution in [0.4, 0.5) is 0 Å². The molecule has 0 heterocycles. The van der Waals surface area contributed by atoms with Crippen molar-refractivity contribution in [1.82, 2.24) is 0 Å². The molecule has 0 atom stereocenters. The fourth-order valence-electron chi connectivity index (χ4n) is 1.72. The zero-order valence-corrected chi connectivity index (χ0v) is 13.3. The summed E-state index contributed by atoms with van der Waals surface area (Å²) in [6.45, 7) is 0. The molecule has 5 heteroatoms. The molecule has 0 aromatic heterocycles. The molecule has 0 aliphatic rings. The molecule has 3 nitrogen and oxygen atoms in total. The predicted octanol–water partition coefficient (Wildman–Crippen LogP) is 3.51. The van der Waals surface area contributed by atoms with Crippen LogP contribution in [0.15, 0.2) is 0 Å². The van der Waals surface area contributed by atoms with Gasteiger partial charge in [0, 0.05) is 0 Å². The van der Waals surface area contributed by atoms with Gasteiger partial charge in [0.15, 0.2) is 0 Å². The van der Waals surface area contributed by atoms with Gasteiger partial charge in [-0.1, -0.05) is 0 Å². The van der Waals surface area contributed by atoms with E-state index in [1.54, 1.807) is 21.3 Å². The Morgan fingerprint density at radius 2 is 1.19 bits per heavy atom. The molecule has 0 N–H and O–H groups in total. The molecule has 0 aliphatic carbocycles. The average Bonchev–Trinajstić information content (AvgIpc) is 2.34. The van der Waals surface area contributed by atoms with Crippen LogP contribution in [0.3, 0.4) is 0 Å². The maximum atomic E-state index is 5.41. The van der Waals surface area contributed by atoms with Crippen molar-refractivity contribution >= 4 is 12.6 Å². The van der Waals surface area contributed by atoms with Crippen LogP contribution in [0.2, 0.25) is 4.73 Å². The standard InChI is InChI=1S/C8H17S.3CH3O.Ti/c1-2-3-4-5-6-7-8-9;3*1-2;/h9H,1-8H2;3*1H3;/q;3*-1;+3. The van der Waals surface area contributed by atoms with Gasteiger partial charge in [-0.3, -0.25) is 0 Å². The fourth-order valence-corrected chi connectivity index (χ4v) is 4.74. The normalized spacial score (nSPS) is 12.0. The molecular weight excluding hydrogens is 260 g/mol. The van der Waals surface area contributed by atoms with Crippen LogP contribution >= 0.6 is 12.6 Å². The molecule has 0 saturated heterocycles. The summed E-state index contributed by atoms with van der Waals surface area (Å²) in [6, 6.07) is 0. The van der Waals surface area contributed by atoms with Gasteiger partial charge in [-0.05, 0) is 0 Å². The summed E-state index contributed by atoms with van der Waals surface area (Å²) >= 11 is 1.38. The number of hydrogen-bond donors (Lipinski definition) is 1. The number of hydrogen-bond acceptors (Lipinski definition) is 4. The van der Waals surface area contributed by atoms with Crippen LogP contribution in [0.5, 0.6) is 0 Å². The van der Waals surface area contributed by atoms with Gasteiger partial charge in [-0.25, -0.2) is 0 Å². The second-order valence-corrected chi connectivity index (χ2v) is 9.16. The third kappa shape index (κ3) is 7.31. The molecule has 0 amide bonds. The van der Waals surface area contributed by atoms with Crippen molar-refractivity contribution in [2.75, 3.05) is 27.1 Å². The molecule has 0 unspecified atom stereocenters. The van der Waals surface area contributed by atoms with E-state index >= 15 is 0 Å². The molecule has 16 heavy (non-hydrogen) atoms. The minimum absolute atomic E-state index is 0.968. The molecular formula is C11H26O3STi. The minimum atomic E-state index is -2.82. The van der Waals surface area contributed by atoms with E-state index in [2.05, 4.69) is 12.6 Å². The molecule has 0 saturated carbocycles. The summed E-state index contributed by atoms with van der Waals surface area (Å²) in [6.07, 6.45) is 7.54. The van der Waals surface area contributed by atoms with Gasteiger partial charge in [-0.2, -0.15) is 0 Å². The van der Waals surface area contributed by atoms with Crippen molar-refractivity contribution in [3.05, 3.63) is 0 Å². The van der Waals surface area contributed by atoms with Crippen LogP contribution in [0.25, 0.3) is 0 Å². The summed E-state index contributed by atoms with van der Waals surface area (Å²) in [5.41, 5.74) is 0. The molecule has 0 aliphatic heterocycles. The average molecular weight is 286 g/mol. The van der Waals surface area contributed by atoms with Crippen molar-refractivity contribution in [3.8, 4) is 0 Å². The Morgan fingerprint density at radius 3 is 1.62 bits per heavy atom. The van der Waals surface area contributed by atoms with Crippen molar-refractivity contribution < 1.29 is 27.7 Å². The van der Waals surface area contributed by atoms with Crippen LogP contribution in [0.1, 0.15) is 38.5 Å². The molecule has 0 aromatic carbocycles. The Kier molecular flexibility index (Phi) is 11.7. The number of thiol groups is 1. The first-order valence-electron chi connectivity index (χ1n) is 6.01. The SMILES string of the molecule is C[O][Ti]([CH2]CCCCCCCS)([O]C)[O]C. The summed E-state index contributed by atoms with van der Waals surface area (Å²) < 4.78 is 17.2. The van der Waals surface area contributed by atoms with E-state index in [0.717, 1.165) is 16.9 Å². The van der Waals surface area contributed by atoms with E-state index in [4.69, 9.17) is 9.96 Å². The third-order valence-corrected chi connectivity index (χ3v) is 7.56. The second kappa shape index (κ2) is 11.1. The van der Waals surface area contributed by atoms with Gasteiger partial charge in [-0.15, -0.1) is 0 Å². The zero-order valence-electron chi connectivity index (χ0n) is 10.8. The van der Waals surface area contributed by atoms with E-state index in [-0.39, 0.29) is 0 Å². The van der Waals surface area contributed by atoms with Gasteiger partial charge in [0.25, 0.3) is 0 Å². The van der Waals surface area contributed by atoms with Crippen LogP contribution in [-0.4, -0.2) is 27.1 Å². The number of unbranched alkanes of at least 4 members (excludes halogenated alkanes) is 5. The molecule has 0 aromatic rings. The topological polar surface area (TPSA) is 27.7 Å². The first-order valence-corrected chi connectivity index (χ1v) is 9.66. The van der Waals surface area contributed by atoms with Crippen LogP contribution < -0.4 is 0 Å². The Bertz CT molecular complexity index is 146. The first kappa shape index (κ1) is 16.9. The monoisotopic (exact) mass is 286 g/mol. The van der Waals surface area contributed by atoms with E-state index < -0.39 is 17.8 Å². The molecule has 0 radical (unpaired) electrons. The van der Waals surface area contributed by atoms with Crippen molar-refractivity contribution in [2.45, 2.75) is 43.3 Å². The van der Waals surface area contributed by atoms with Crippen molar-refractivity contribution in [1.29, 1.82) is 0 Å². The summed E-state index contributed by atoms with van der Waals surface area (Å²) in [7, 11) is 5.08. The predicted molar refractivity (Wildman–Crippen MR) is 67.4 cm³/mol. The Balaban J connectivity index is 3.48. The maximum absolute atomic E-state index is 5.41. The molecule has 0 rings (SSSR count). The Morgan fingerprint density at radius 1 is 0.750 bits per heavy atom. The fraction of sp³-hybridized carbons (Fsp3) is 1.00. The summed E-state index contributed by atoms with van der Waals surface area (Å²) in [5, 5.41) is 0. The molecule has 0 bridgehead atoms. The number of rotatable bonds is 11. The molecule has 0 fully saturated rings. The van der Waals surface area contributed by atoms with Gasteiger partial charge in [0.1, 0.15) is 0 Å². The first-order chi connectivity index (χ1) is 7.74. The van der Waals surface area contributed by atoms with E-state index in [1.165, 1.54) is 32.1 Å². The van der Waals surface area contributed by atoms with E-state index in [9.17, 15) is 0 Å². The quantitative estimate of drug-likeness (QED) is 0.358. The summed E-state index contributed by atoms with van der Waals surface area (Å²) in [5.74, 6) is 1.01. The van der Waals surface area contributed by atoms with Crippen molar-refractivity contribution in [3.63, 3.8) is 0 Å². The van der Waals surface area contributed by atoms with Crippen LogP contribution in [0, 0.1) is 0 Å². The van der Waals surface area contributed by atoms with Gasteiger partial charge >= 0.3 is 111 Å². The summed E-state index contributed by atoms with van der Waals surface area (Å²) in [4.78, 5) is 0. The molecule has 0 spiro atoms. The Hall–Kier alpha value is 0.944. The second-order valence-electron chi connectivity index (χ2n) is 3.89. The van der Waals surface area contributed by atoms with E-state index in [1.807, 2.05) is 0 Å². The van der Waals surface area contributed by atoms with Gasteiger partial charge in [0.2, 0.25) is 0 Å². The van der Waals surface area contributed by atoms with Crippen molar-refractivity contribution in [2.24, 2.45) is 0 Å². The van der Waals surface area contributed by atoms with E-state index in [0.29, 0.717) is 0 Å². The third-order valence-electron chi connectivity index (χ3n) is 2.82.